The van der Waals surface area contributed by atoms with E-state index in [4.69, 9.17) is 14.6 Å². The zero-order valence-electron chi connectivity index (χ0n) is 7.36. The Hall–Kier alpha value is -0.940. The molecule has 0 aliphatic carbocycles. The quantitative estimate of drug-likeness (QED) is 0.676. The predicted molar refractivity (Wildman–Crippen MR) is 42.1 cm³/mol. The SMILES string of the molecule is CCC(=O)C1OCC(C(=O)O)CO1. The second-order valence-electron chi connectivity index (χ2n) is 2.85. The molecule has 5 nitrogen and oxygen atoms in total. The van der Waals surface area contributed by atoms with Gasteiger partial charge in [-0.3, -0.25) is 9.59 Å². The minimum atomic E-state index is -0.956. The van der Waals surface area contributed by atoms with E-state index in [2.05, 4.69) is 0 Å². The van der Waals surface area contributed by atoms with Crippen molar-refractivity contribution >= 4 is 11.8 Å². The number of hydrogen-bond acceptors (Lipinski definition) is 4. The normalized spacial score (nSPS) is 28.4. The predicted octanol–water partition coefficient (Wildman–Crippen LogP) is 0.0392. The molecule has 1 N–H and O–H groups in total. The molecule has 0 aromatic heterocycles. The van der Waals surface area contributed by atoms with Gasteiger partial charge in [-0.15, -0.1) is 0 Å². The van der Waals surface area contributed by atoms with Gasteiger partial charge in [0.05, 0.1) is 13.2 Å². The Kier molecular flexibility index (Phi) is 3.39. The van der Waals surface area contributed by atoms with Crippen LogP contribution in [0.15, 0.2) is 0 Å². The lowest BCUT2D eigenvalue weighted by Crippen LogP contribution is -2.40. The summed E-state index contributed by atoms with van der Waals surface area (Å²) in [6.07, 6.45) is -0.525. The number of carboxylic acids is 1. The zero-order chi connectivity index (χ0) is 9.84. The molecule has 0 unspecified atom stereocenters. The molecule has 0 spiro atoms. The number of carboxylic acid groups (broad SMARTS) is 1. The third-order valence-electron chi connectivity index (χ3n) is 1.86. The van der Waals surface area contributed by atoms with Crippen LogP contribution >= 0.6 is 0 Å². The first kappa shape index (κ1) is 10.1. The molecule has 0 saturated carbocycles. The van der Waals surface area contributed by atoms with E-state index in [0.717, 1.165) is 0 Å². The third-order valence-corrected chi connectivity index (χ3v) is 1.86. The number of rotatable bonds is 3. The summed E-state index contributed by atoms with van der Waals surface area (Å²) >= 11 is 0. The van der Waals surface area contributed by atoms with E-state index in [1.165, 1.54) is 0 Å². The summed E-state index contributed by atoms with van der Waals surface area (Å²) in [7, 11) is 0. The van der Waals surface area contributed by atoms with E-state index in [9.17, 15) is 9.59 Å². The van der Waals surface area contributed by atoms with Crippen LogP contribution in [0.1, 0.15) is 13.3 Å². The van der Waals surface area contributed by atoms with Gasteiger partial charge < -0.3 is 14.6 Å². The van der Waals surface area contributed by atoms with Crippen LogP contribution in [0.2, 0.25) is 0 Å². The lowest BCUT2D eigenvalue weighted by atomic mass is 10.1. The van der Waals surface area contributed by atoms with Crippen molar-refractivity contribution in [2.75, 3.05) is 13.2 Å². The molecular weight excluding hydrogens is 176 g/mol. The fraction of sp³-hybridized carbons (Fsp3) is 0.750. The van der Waals surface area contributed by atoms with Crippen molar-refractivity contribution in [3.63, 3.8) is 0 Å². The highest BCUT2D eigenvalue weighted by Gasteiger charge is 2.30. The largest absolute Gasteiger partial charge is 0.481 e. The number of hydrogen-bond donors (Lipinski definition) is 1. The molecule has 1 heterocycles. The summed E-state index contributed by atoms with van der Waals surface area (Å²) in [6, 6.07) is 0. The molecule has 0 bridgehead atoms. The number of Topliss-reactive ketones (excluding diaryl/α,β-unsaturated/α-hetero) is 1. The molecule has 0 atom stereocenters. The van der Waals surface area contributed by atoms with Gasteiger partial charge in [0.1, 0.15) is 5.92 Å². The summed E-state index contributed by atoms with van der Waals surface area (Å²) in [5.41, 5.74) is 0. The van der Waals surface area contributed by atoms with Gasteiger partial charge >= 0.3 is 5.97 Å². The maximum Gasteiger partial charge on any atom is 0.311 e. The molecule has 74 valence electrons. The van der Waals surface area contributed by atoms with Gasteiger partial charge in [0.2, 0.25) is 6.29 Å². The van der Waals surface area contributed by atoms with Crippen LogP contribution in [0.25, 0.3) is 0 Å². The molecule has 1 fully saturated rings. The van der Waals surface area contributed by atoms with Gasteiger partial charge in [-0.1, -0.05) is 6.92 Å². The van der Waals surface area contributed by atoms with Crippen LogP contribution < -0.4 is 0 Å². The van der Waals surface area contributed by atoms with Gasteiger partial charge in [0.15, 0.2) is 5.78 Å². The lowest BCUT2D eigenvalue weighted by Gasteiger charge is -2.25. The Morgan fingerprint density at radius 1 is 1.38 bits per heavy atom. The molecule has 1 aliphatic heterocycles. The molecule has 13 heavy (non-hydrogen) atoms. The molecule has 5 heteroatoms. The third kappa shape index (κ3) is 2.50. The van der Waals surface area contributed by atoms with Gasteiger partial charge in [-0.2, -0.15) is 0 Å². The first-order valence-corrected chi connectivity index (χ1v) is 4.14. The van der Waals surface area contributed by atoms with Crippen LogP contribution in [0.5, 0.6) is 0 Å². The van der Waals surface area contributed by atoms with Crippen molar-refractivity contribution in [3.05, 3.63) is 0 Å². The number of carbonyl (C=O) groups is 2. The highest BCUT2D eigenvalue weighted by molar-refractivity contribution is 5.81. The minimum Gasteiger partial charge on any atom is -0.481 e. The molecule has 1 aliphatic rings. The van der Waals surface area contributed by atoms with Crippen LogP contribution in [-0.2, 0) is 19.1 Å². The van der Waals surface area contributed by atoms with E-state index >= 15 is 0 Å². The van der Waals surface area contributed by atoms with E-state index < -0.39 is 18.2 Å². The number of ether oxygens (including phenoxy) is 2. The highest BCUT2D eigenvalue weighted by atomic mass is 16.7. The molecule has 0 radical (unpaired) electrons. The number of carbonyl (C=O) groups excluding carboxylic acids is 1. The van der Waals surface area contributed by atoms with Crippen molar-refractivity contribution in [1.82, 2.24) is 0 Å². The molecule has 0 aromatic carbocycles. The van der Waals surface area contributed by atoms with Gasteiger partial charge in [-0.05, 0) is 0 Å². The maximum absolute atomic E-state index is 11.0. The second kappa shape index (κ2) is 4.34. The topological polar surface area (TPSA) is 72.8 Å². The highest BCUT2D eigenvalue weighted by Crippen LogP contribution is 2.12. The van der Waals surface area contributed by atoms with E-state index in [1.54, 1.807) is 6.92 Å². The molecule has 0 amide bonds. The Bertz CT molecular complexity index is 205. The minimum absolute atomic E-state index is 0.0474. The average Bonchev–Trinajstić information content (AvgIpc) is 2.17. The van der Waals surface area contributed by atoms with Crippen LogP contribution in [0.4, 0.5) is 0 Å². The van der Waals surface area contributed by atoms with E-state index in [1.807, 2.05) is 0 Å². The standard InChI is InChI=1S/C8H12O5/c1-2-6(9)8-12-3-5(4-13-8)7(10)11/h5,8H,2-4H2,1H3,(H,10,11). The van der Waals surface area contributed by atoms with Crippen LogP contribution in [-0.4, -0.2) is 36.4 Å². The van der Waals surface area contributed by atoms with Crippen molar-refractivity contribution in [2.45, 2.75) is 19.6 Å². The van der Waals surface area contributed by atoms with Gasteiger partial charge in [0.25, 0.3) is 0 Å². The second-order valence-corrected chi connectivity index (χ2v) is 2.85. The smallest absolute Gasteiger partial charge is 0.311 e. The number of aliphatic carboxylic acids is 1. The number of ketones is 1. The van der Waals surface area contributed by atoms with Crippen molar-refractivity contribution < 1.29 is 24.2 Å². The molecular formula is C8H12O5. The molecule has 1 rings (SSSR count). The monoisotopic (exact) mass is 188 g/mol. The first-order chi connectivity index (χ1) is 6.15. The van der Waals surface area contributed by atoms with Crippen molar-refractivity contribution in [3.8, 4) is 0 Å². The van der Waals surface area contributed by atoms with E-state index in [-0.39, 0.29) is 19.0 Å². The zero-order valence-corrected chi connectivity index (χ0v) is 7.36. The average molecular weight is 188 g/mol. The van der Waals surface area contributed by atoms with E-state index in [0.29, 0.717) is 6.42 Å². The van der Waals surface area contributed by atoms with Crippen molar-refractivity contribution in [1.29, 1.82) is 0 Å². The summed E-state index contributed by atoms with van der Waals surface area (Å²) in [6.45, 7) is 1.80. The fourth-order valence-electron chi connectivity index (χ4n) is 0.998. The first-order valence-electron chi connectivity index (χ1n) is 4.14. The fourth-order valence-corrected chi connectivity index (χ4v) is 0.998. The Balaban J connectivity index is 2.39. The Morgan fingerprint density at radius 2 is 1.92 bits per heavy atom. The van der Waals surface area contributed by atoms with Gasteiger partial charge in [0, 0.05) is 6.42 Å². The summed E-state index contributed by atoms with van der Waals surface area (Å²) in [5, 5.41) is 8.58. The van der Waals surface area contributed by atoms with Crippen molar-refractivity contribution in [2.24, 2.45) is 5.92 Å². The Labute approximate surface area is 75.6 Å². The van der Waals surface area contributed by atoms with Gasteiger partial charge in [-0.25, -0.2) is 0 Å². The summed E-state index contributed by atoms with van der Waals surface area (Å²) < 4.78 is 9.90. The lowest BCUT2D eigenvalue weighted by molar-refractivity contribution is -0.207. The molecule has 1 saturated heterocycles. The molecule has 0 aromatic rings. The Morgan fingerprint density at radius 3 is 2.31 bits per heavy atom. The van der Waals surface area contributed by atoms with Crippen LogP contribution in [0.3, 0.4) is 0 Å². The maximum atomic E-state index is 11.0. The summed E-state index contributed by atoms with van der Waals surface area (Å²) in [5.74, 6) is -1.76. The van der Waals surface area contributed by atoms with Crippen LogP contribution in [0, 0.1) is 5.92 Å². The summed E-state index contributed by atoms with van der Waals surface area (Å²) in [4.78, 5) is 21.5.